The second-order valence-corrected chi connectivity index (χ2v) is 8.22. The van der Waals surface area contributed by atoms with Gasteiger partial charge >= 0.3 is 5.97 Å². The van der Waals surface area contributed by atoms with Gasteiger partial charge in [0.2, 0.25) is 6.79 Å². The highest BCUT2D eigenvalue weighted by molar-refractivity contribution is 6.35. The zero-order chi connectivity index (χ0) is 24.7. The summed E-state index contributed by atoms with van der Waals surface area (Å²) in [5, 5.41) is 3.11. The number of fused-ring (bicyclic) bond motifs is 2. The highest BCUT2D eigenvalue weighted by atomic mass is 35.5. The number of ether oxygens (including phenoxy) is 3. The van der Waals surface area contributed by atoms with E-state index in [1.54, 1.807) is 42.5 Å². The molecule has 0 saturated carbocycles. The van der Waals surface area contributed by atoms with E-state index >= 15 is 0 Å². The molecule has 0 aromatic heterocycles. The number of halogens is 1. The van der Waals surface area contributed by atoms with Crippen molar-refractivity contribution in [3.05, 3.63) is 82.4 Å². The molecule has 0 aliphatic carbocycles. The second-order valence-electron chi connectivity index (χ2n) is 7.79. The molecule has 1 N–H and O–H groups in total. The van der Waals surface area contributed by atoms with Crippen molar-refractivity contribution in [2.24, 2.45) is 0 Å². The number of carbonyl (C=O) groups excluding carboxylic acids is 4. The van der Waals surface area contributed by atoms with Crippen LogP contribution in [0.25, 0.3) is 0 Å². The van der Waals surface area contributed by atoms with Gasteiger partial charge in [-0.05, 0) is 61.5 Å². The lowest BCUT2D eigenvalue weighted by Gasteiger charge is -2.14. The predicted molar refractivity (Wildman–Crippen MR) is 125 cm³/mol. The third-order valence-corrected chi connectivity index (χ3v) is 5.75. The van der Waals surface area contributed by atoms with E-state index in [1.165, 1.54) is 25.1 Å². The molecule has 3 aromatic carbocycles. The number of hydrogen-bond donors (Lipinski definition) is 1. The Morgan fingerprint density at radius 2 is 1.66 bits per heavy atom. The van der Waals surface area contributed by atoms with Crippen LogP contribution in [-0.2, 0) is 9.53 Å². The molecule has 10 heteroatoms. The molecule has 0 spiro atoms. The van der Waals surface area contributed by atoms with Crippen molar-refractivity contribution in [2.45, 2.75) is 13.0 Å². The monoisotopic (exact) mass is 492 g/mol. The van der Waals surface area contributed by atoms with Crippen LogP contribution in [0.4, 0.5) is 11.4 Å². The van der Waals surface area contributed by atoms with Gasteiger partial charge in [-0.3, -0.25) is 14.4 Å². The van der Waals surface area contributed by atoms with Crippen LogP contribution in [0.2, 0.25) is 5.02 Å². The number of esters is 1. The van der Waals surface area contributed by atoms with E-state index < -0.39 is 29.8 Å². The molecule has 2 heterocycles. The third-order valence-electron chi connectivity index (χ3n) is 5.50. The summed E-state index contributed by atoms with van der Waals surface area (Å²) >= 11 is 5.89. The van der Waals surface area contributed by atoms with E-state index in [2.05, 4.69) is 5.32 Å². The average Bonchev–Trinajstić information content (AvgIpc) is 3.41. The lowest BCUT2D eigenvalue weighted by Crippen LogP contribution is -2.30. The van der Waals surface area contributed by atoms with Gasteiger partial charge in [0.15, 0.2) is 17.6 Å². The number of carbonyl (C=O) groups is 4. The molecule has 0 radical (unpaired) electrons. The maximum atomic E-state index is 12.9. The van der Waals surface area contributed by atoms with E-state index in [4.69, 9.17) is 25.8 Å². The van der Waals surface area contributed by atoms with Crippen molar-refractivity contribution in [2.75, 3.05) is 17.0 Å². The molecule has 0 bridgehead atoms. The maximum Gasteiger partial charge on any atom is 0.338 e. The molecule has 0 saturated heterocycles. The summed E-state index contributed by atoms with van der Waals surface area (Å²) in [6.45, 7) is 1.53. The Kier molecular flexibility index (Phi) is 5.62. The Bertz CT molecular complexity index is 1390. The highest BCUT2D eigenvalue weighted by Crippen LogP contribution is 2.34. The first kappa shape index (κ1) is 22.4. The first-order chi connectivity index (χ1) is 16.8. The fraction of sp³-hybridized carbons (Fsp3) is 0.120. The lowest BCUT2D eigenvalue weighted by atomic mass is 10.1. The van der Waals surface area contributed by atoms with E-state index in [0.717, 1.165) is 4.90 Å². The molecular weight excluding hydrogens is 476 g/mol. The molecule has 5 rings (SSSR count). The SMILES string of the molecule is CC(OC(=O)c1ccc2c(c1)C(=O)N(c1ccc(Cl)cc1)C2=O)C(=O)Nc1ccc2c(c1)OCO2. The van der Waals surface area contributed by atoms with Crippen molar-refractivity contribution in [3.8, 4) is 11.5 Å². The Balaban J connectivity index is 1.28. The summed E-state index contributed by atoms with van der Waals surface area (Å²) in [4.78, 5) is 51.9. The van der Waals surface area contributed by atoms with E-state index in [9.17, 15) is 19.2 Å². The number of imide groups is 1. The molecule has 0 fully saturated rings. The Morgan fingerprint density at radius 1 is 0.943 bits per heavy atom. The minimum atomic E-state index is -1.14. The van der Waals surface area contributed by atoms with E-state index in [0.29, 0.717) is 27.9 Å². The smallest absolute Gasteiger partial charge is 0.338 e. The van der Waals surface area contributed by atoms with Gasteiger partial charge in [0.25, 0.3) is 17.7 Å². The number of hydrogen-bond acceptors (Lipinski definition) is 7. The van der Waals surface area contributed by atoms with Gasteiger partial charge in [-0.15, -0.1) is 0 Å². The van der Waals surface area contributed by atoms with E-state index in [-0.39, 0.29) is 23.5 Å². The average molecular weight is 493 g/mol. The van der Waals surface area contributed by atoms with Crippen LogP contribution in [0.3, 0.4) is 0 Å². The Labute approximate surface area is 204 Å². The summed E-state index contributed by atoms with van der Waals surface area (Å²) in [6.07, 6.45) is -1.14. The van der Waals surface area contributed by atoms with Crippen molar-refractivity contribution in [1.29, 1.82) is 0 Å². The van der Waals surface area contributed by atoms with Gasteiger partial charge in [-0.25, -0.2) is 9.69 Å². The molecule has 176 valence electrons. The minimum absolute atomic E-state index is 0.0329. The van der Waals surface area contributed by atoms with Crippen LogP contribution in [0.15, 0.2) is 60.7 Å². The van der Waals surface area contributed by atoms with Crippen LogP contribution in [0.1, 0.15) is 38.0 Å². The molecule has 1 atom stereocenters. The molecular formula is C25H17ClN2O7. The molecule has 1 unspecified atom stereocenters. The van der Waals surface area contributed by atoms with Crippen molar-refractivity contribution in [1.82, 2.24) is 0 Å². The van der Waals surface area contributed by atoms with Crippen LogP contribution in [-0.4, -0.2) is 36.6 Å². The number of rotatable bonds is 5. The molecule has 35 heavy (non-hydrogen) atoms. The summed E-state index contributed by atoms with van der Waals surface area (Å²) in [5.41, 5.74) is 1.07. The van der Waals surface area contributed by atoms with Gasteiger partial charge in [0.05, 0.1) is 22.4 Å². The van der Waals surface area contributed by atoms with Gasteiger partial charge in [-0.2, -0.15) is 0 Å². The standard InChI is InChI=1S/C25H17ClN2O7/c1-13(22(29)27-16-5-9-20-21(11-16)34-12-33-20)35-25(32)14-2-8-18-19(10-14)24(31)28(23(18)30)17-6-3-15(26)4-7-17/h2-11,13H,12H2,1H3,(H,27,29). The van der Waals surface area contributed by atoms with Crippen molar-refractivity contribution >= 4 is 46.7 Å². The first-order valence-corrected chi connectivity index (χ1v) is 10.9. The number of nitrogens with one attached hydrogen (secondary N) is 1. The normalized spacial score (nSPS) is 14.5. The fourth-order valence-electron chi connectivity index (χ4n) is 3.69. The maximum absolute atomic E-state index is 12.9. The predicted octanol–water partition coefficient (Wildman–Crippen LogP) is 4.05. The molecule has 2 aliphatic rings. The fourth-order valence-corrected chi connectivity index (χ4v) is 3.82. The molecule has 2 aliphatic heterocycles. The topological polar surface area (TPSA) is 111 Å². The van der Waals surface area contributed by atoms with Crippen molar-refractivity contribution < 1.29 is 33.4 Å². The highest BCUT2D eigenvalue weighted by Gasteiger charge is 2.37. The van der Waals surface area contributed by atoms with E-state index in [1.807, 2.05) is 0 Å². The summed E-state index contributed by atoms with van der Waals surface area (Å²) in [6, 6.07) is 15.2. The van der Waals surface area contributed by atoms with Gasteiger partial charge < -0.3 is 19.5 Å². The van der Waals surface area contributed by atoms with Crippen LogP contribution in [0, 0.1) is 0 Å². The summed E-state index contributed by atoms with van der Waals surface area (Å²) in [7, 11) is 0. The van der Waals surface area contributed by atoms with Gasteiger partial charge in [-0.1, -0.05) is 11.6 Å². The van der Waals surface area contributed by atoms with Crippen molar-refractivity contribution in [3.63, 3.8) is 0 Å². The zero-order valence-electron chi connectivity index (χ0n) is 18.2. The molecule has 3 aromatic rings. The number of anilines is 2. The summed E-state index contributed by atoms with van der Waals surface area (Å²) in [5.74, 6) is -1.39. The number of benzene rings is 3. The largest absolute Gasteiger partial charge is 0.454 e. The van der Waals surface area contributed by atoms with Gasteiger partial charge in [0, 0.05) is 16.8 Å². The third kappa shape index (κ3) is 4.17. The minimum Gasteiger partial charge on any atom is -0.454 e. The quantitative estimate of drug-likeness (QED) is 0.422. The Hall–Kier alpha value is -4.37. The Morgan fingerprint density at radius 3 is 2.43 bits per heavy atom. The zero-order valence-corrected chi connectivity index (χ0v) is 19.0. The van der Waals surface area contributed by atoms with Crippen LogP contribution in [0.5, 0.6) is 11.5 Å². The molecule has 3 amide bonds. The van der Waals surface area contributed by atoms with Crippen LogP contribution >= 0.6 is 11.6 Å². The lowest BCUT2D eigenvalue weighted by molar-refractivity contribution is -0.123. The first-order valence-electron chi connectivity index (χ1n) is 10.5. The second kappa shape index (κ2) is 8.77. The summed E-state index contributed by atoms with van der Waals surface area (Å²) < 4.78 is 15.8. The van der Waals surface area contributed by atoms with Crippen LogP contribution < -0.4 is 19.7 Å². The number of amides is 3. The number of nitrogens with zero attached hydrogens (tertiary/aromatic N) is 1. The molecule has 9 nitrogen and oxygen atoms in total. The van der Waals surface area contributed by atoms with Gasteiger partial charge in [0.1, 0.15) is 0 Å².